The summed E-state index contributed by atoms with van der Waals surface area (Å²) in [4.78, 5) is 5.05. The van der Waals surface area contributed by atoms with Gasteiger partial charge in [-0.25, -0.2) is 0 Å². The second kappa shape index (κ2) is 4.31. The van der Waals surface area contributed by atoms with Crippen LogP contribution in [0.4, 0.5) is 0 Å². The Bertz CT molecular complexity index is 453. The number of halogens is 1. The molecule has 0 saturated heterocycles. The molecule has 78 valence electrons. The quantitative estimate of drug-likeness (QED) is 0.873. The van der Waals surface area contributed by atoms with Crippen molar-refractivity contribution in [1.29, 1.82) is 0 Å². The van der Waals surface area contributed by atoms with E-state index in [1.807, 2.05) is 24.4 Å². The minimum absolute atomic E-state index is 0.176. The number of aromatic nitrogens is 1. The molecule has 0 aromatic carbocycles. The number of aryl methyl sites for hydroxylation is 1. The van der Waals surface area contributed by atoms with Crippen LogP contribution in [0.2, 0.25) is 5.02 Å². The lowest BCUT2D eigenvalue weighted by Gasteiger charge is -2.09. The molecule has 0 radical (unpaired) electrons. The van der Waals surface area contributed by atoms with Crippen LogP contribution in [0.15, 0.2) is 29.9 Å². The lowest BCUT2D eigenvalue weighted by atomic mass is 10.1. The number of thiophene rings is 1. The van der Waals surface area contributed by atoms with E-state index in [9.17, 15) is 0 Å². The number of nitrogens with zero attached hydrogens (tertiary/aromatic N) is 1. The minimum Gasteiger partial charge on any atom is -0.320 e. The molecule has 2 aromatic heterocycles. The van der Waals surface area contributed by atoms with Gasteiger partial charge in [-0.1, -0.05) is 17.7 Å². The van der Waals surface area contributed by atoms with Gasteiger partial charge in [0, 0.05) is 17.3 Å². The Morgan fingerprint density at radius 3 is 2.87 bits per heavy atom. The topological polar surface area (TPSA) is 38.9 Å². The van der Waals surface area contributed by atoms with E-state index in [1.54, 1.807) is 23.7 Å². The Balaban J connectivity index is 2.37. The summed E-state index contributed by atoms with van der Waals surface area (Å²) in [6.07, 6.45) is 3.51. The largest absolute Gasteiger partial charge is 0.320 e. The van der Waals surface area contributed by atoms with Crippen LogP contribution >= 0.6 is 22.9 Å². The molecule has 0 aliphatic heterocycles. The van der Waals surface area contributed by atoms with Gasteiger partial charge >= 0.3 is 0 Å². The van der Waals surface area contributed by atoms with Gasteiger partial charge in [-0.15, -0.1) is 11.3 Å². The van der Waals surface area contributed by atoms with Gasteiger partial charge in [0.1, 0.15) is 0 Å². The Kier molecular flexibility index (Phi) is 3.05. The van der Waals surface area contributed by atoms with E-state index in [1.165, 1.54) is 0 Å². The summed E-state index contributed by atoms with van der Waals surface area (Å²) in [5.74, 6) is 0. The number of nitrogens with two attached hydrogens (primary N) is 1. The standard InChI is InChI=1S/C11H11ClN2S/c1-7-6-15-11(9(7)12)10(13)8-3-2-4-14-5-8/h2-6,10H,13H2,1H3. The van der Waals surface area contributed by atoms with Crippen LogP contribution in [0.25, 0.3) is 0 Å². The third kappa shape index (κ3) is 2.04. The zero-order valence-electron chi connectivity index (χ0n) is 8.27. The molecule has 2 heterocycles. The zero-order chi connectivity index (χ0) is 10.8. The maximum atomic E-state index is 6.16. The fourth-order valence-corrected chi connectivity index (χ4v) is 2.71. The molecule has 0 fully saturated rings. The molecule has 1 unspecified atom stereocenters. The van der Waals surface area contributed by atoms with Crippen molar-refractivity contribution >= 4 is 22.9 Å². The van der Waals surface area contributed by atoms with Gasteiger partial charge < -0.3 is 5.73 Å². The van der Waals surface area contributed by atoms with Crippen molar-refractivity contribution in [2.45, 2.75) is 13.0 Å². The van der Waals surface area contributed by atoms with Crippen molar-refractivity contribution in [2.24, 2.45) is 5.73 Å². The molecule has 2 nitrogen and oxygen atoms in total. The molecule has 4 heteroatoms. The van der Waals surface area contributed by atoms with Crippen LogP contribution in [0.5, 0.6) is 0 Å². The summed E-state index contributed by atoms with van der Waals surface area (Å²) in [5, 5.41) is 2.80. The van der Waals surface area contributed by atoms with Gasteiger partial charge in [0.05, 0.1) is 11.1 Å². The van der Waals surface area contributed by atoms with Gasteiger partial charge in [-0.3, -0.25) is 4.98 Å². The molecule has 0 amide bonds. The Morgan fingerprint density at radius 2 is 2.33 bits per heavy atom. The molecule has 0 aliphatic rings. The number of hydrogen-bond donors (Lipinski definition) is 1. The van der Waals surface area contributed by atoms with Crippen molar-refractivity contribution < 1.29 is 0 Å². The molecular formula is C11H11ClN2S. The molecule has 2 rings (SSSR count). The lowest BCUT2D eigenvalue weighted by molar-refractivity contribution is 0.883. The van der Waals surface area contributed by atoms with Crippen molar-refractivity contribution in [3.05, 3.63) is 50.9 Å². The summed E-state index contributed by atoms with van der Waals surface area (Å²) < 4.78 is 0. The van der Waals surface area contributed by atoms with Crippen LogP contribution in [-0.2, 0) is 0 Å². The molecule has 0 bridgehead atoms. The first kappa shape index (κ1) is 10.6. The van der Waals surface area contributed by atoms with Gasteiger partial charge in [-0.05, 0) is 29.5 Å². The smallest absolute Gasteiger partial charge is 0.0676 e. The summed E-state index contributed by atoms with van der Waals surface area (Å²) in [6.45, 7) is 1.98. The van der Waals surface area contributed by atoms with E-state index in [0.29, 0.717) is 0 Å². The van der Waals surface area contributed by atoms with Crippen molar-refractivity contribution in [3.8, 4) is 0 Å². The monoisotopic (exact) mass is 238 g/mol. The molecule has 2 N–H and O–H groups in total. The number of rotatable bonds is 2. The van der Waals surface area contributed by atoms with E-state index < -0.39 is 0 Å². The van der Waals surface area contributed by atoms with Crippen molar-refractivity contribution in [2.75, 3.05) is 0 Å². The maximum absolute atomic E-state index is 6.16. The van der Waals surface area contributed by atoms with Gasteiger partial charge in [0.15, 0.2) is 0 Å². The van der Waals surface area contributed by atoms with E-state index in [-0.39, 0.29) is 6.04 Å². The first-order valence-electron chi connectivity index (χ1n) is 4.59. The lowest BCUT2D eigenvalue weighted by Crippen LogP contribution is -2.10. The summed E-state index contributed by atoms with van der Waals surface area (Å²) in [5.41, 5.74) is 8.18. The van der Waals surface area contributed by atoms with E-state index in [4.69, 9.17) is 17.3 Å². The first-order valence-corrected chi connectivity index (χ1v) is 5.85. The average Bonchev–Trinajstić information content (AvgIpc) is 2.60. The molecule has 0 aliphatic carbocycles. The van der Waals surface area contributed by atoms with Crippen LogP contribution in [-0.4, -0.2) is 4.98 Å². The summed E-state index contributed by atoms with van der Waals surface area (Å²) in [7, 11) is 0. The van der Waals surface area contributed by atoms with E-state index >= 15 is 0 Å². The maximum Gasteiger partial charge on any atom is 0.0676 e. The Labute approximate surface area is 97.7 Å². The summed E-state index contributed by atoms with van der Waals surface area (Å²) in [6, 6.07) is 3.66. The second-order valence-electron chi connectivity index (χ2n) is 3.36. The fourth-order valence-electron chi connectivity index (χ4n) is 1.37. The van der Waals surface area contributed by atoms with E-state index in [0.717, 1.165) is 21.0 Å². The summed E-state index contributed by atoms with van der Waals surface area (Å²) >= 11 is 7.76. The fraction of sp³-hybridized carbons (Fsp3) is 0.182. The van der Waals surface area contributed by atoms with Gasteiger partial charge in [0.25, 0.3) is 0 Å². The van der Waals surface area contributed by atoms with Crippen LogP contribution in [0, 0.1) is 6.92 Å². The van der Waals surface area contributed by atoms with Crippen molar-refractivity contribution in [3.63, 3.8) is 0 Å². The van der Waals surface area contributed by atoms with Crippen LogP contribution < -0.4 is 5.73 Å². The third-order valence-electron chi connectivity index (χ3n) is 2.25. The molecule has 15 heavy (non-hydrogen) atoms. The normalized spacial score (nSPS) is 12.7. The second-order valence-corrected chi connectivity index (χ2v) is 4.65. The minimum atomic E-state index is -0.176. The van der Waals surface area contributed by atoms with Gasteiger partial charge in [-0.2, -0.15) is 0 Å². The highest BCUT2D eigenvalue weighted by Gasteiger charge is 2.15. The molecular weight excluding hydrogens is 228 g/mol. The van der Waals surface area contributed by atoms with E-state index in [2.05, 4.69) is 4.98 Å². The van der Waals surface area contributed by atoms with Crippen molar-refractivity contribution in [1.82, 2.24) is 4.98 Å². The highest BCUT2D eigenvalue weighted by atomic mass is 35.5. The molecule has 1 atom stereocenters. The predicted molar refractivity (Wildman–Crippen MR) is 64.3 cm³/mol. The predicted octanol–water partition coefficient (Wildman–Crippen LogP) is 3.15. The third-order valence-corrected chi connectivity index (χ3v) is 4.05. The Morgan fingerprint density at radius 1 is 1.53 bits per heavy atom. The van der Waals surface area contributed by atoms with Crippen LogP contribution in [0.3, 0.4) is 0 Å². The number of hydrogen-bond acceptors (Lipinski definition) is 3. The SMILES string of the molecule is Cc1csc(C(N)c2cccnc2)c1Cl. The number of pyridine rings is 1. The Hall–Kier alpha value is -0.900. The van der Waals surface area contributed by atoms with Crippen LogP contribution in [0.1, 0.15) is 22.0 Å². The van der Waals surface area contributed by atoms with Gasteiger partial charge in [0.2, 0.25) is 0 Å². The molecule has 2 aromatic rings. The molecule has 0 saturated carbocycles. The average molecular weight is 239 g/mol. The molecule has 0 spiro atoms. The highest BCUT2D eigenvalue weighted by Crippen LogP contribution is 2.33. The highest BCUT2D eigenvalue weighted by molar-refractivity contribution is 7.10. The first-order chi connectivity index (χ1) is 7.20. The zero-order valence-corrected chi connectivity index (χ0v) is 9.85.